The summed E-state index contributed by atoms with van der Waals surface area (Å²) in [4.78, 5) is 10.0. The lowest BCUT2D eigenvalue weighted by Crippen LogP contribution is -1.85. The maximum Gasteiger partial charge on any atom is 0.150 e. The van der Waals surface area contributed by atoms with Crippen molar-refractivity contribution in [2.45, 2.75) is 20.0 Å². The highest BCUT2D eigenvalue weighted by Gasteiger charge is 1.86. The molecule has 0 atom stereocenters. The largest absolute Gasteiger partial charge is 0.508 e. The van der Waals surface area contributed by atoms with Crippen molar-refractivity contribution in [3.05, 3.63) is 29.8 Å². The number of phenols is 1. The van der Waals surface area contributed by atoms with Crippen molar-refractivity contribution in [1.29, 1.82) is 0 Å². The van der Waals surface area contributed by atoms with Gasteiger partial charge in [0.25, 0.3) is 0 Å². The first-order chi connectivity index (χ1) is 6.06. The minimum Gasteiger partial charge on any atom is -0.508 e. The van der Waals surface area contributed by atoms with E-state index in [2.05, 4.69) is 0 Å². The predicted molar refractivity (Wildman–Crippen MR) is 50.8 cm³/mol. The standard InChI is InChI=1S/C7H6O2.C3H8O/c8-5-6-1-3-7(9)4-2-6;1-3(2)4/h1-5,9H;3-4H,1-2H3. The first kappa shape index (κ1) is 11.6. The Kier molecular flexibility index (Phi) is 5.55. The molecule has 3 nitrogen and oxygen atoms in total. The van der Waals surface area contributed by atoms with Crippen molar-refractivity contribution in [2.75, 3.05) is 0 Å². The summed E-state index contributed by atoms with van der Waals surface area (Å²) in [6.45, 7) is 3.44. The SMILES string of the molecule is CC(C)O.O=Cc1ccc(O)cc1. The van der Waals surface area contributed by atoms with E-state index in [9.17, 15) is 4.79 Å². The Bertz CT molecular complexity index is 236. The van der Waals surface area contributed by atoms with Crippen LogP contribution in [0.2, 0.25) is 0 Å². The van der Waals surface area contributed by atoms with Crippen molar-refractivity contribution < 1.29 is 15.0 Å². The summed E-state index contributed by atoms with van der Waals surface area (Å²) in [5.74, 6) is 0.181. The van der Waals surface area contributed by atoms with Gasteiger partial charge in [0.05, 0.1) is 0 Å². The highest BCUT2D eigenvalue weighted by Crippen LogP contribution is 2.07. The molecule has 13 heavy (non-hydrogen) atoms. The molecule has 0 saturated carbocycles. The van der Waals surface area contributed by atoms with Gasteiger partial charge in [-0.1, -0.05) is 0 Å². The van der Waals surface area contributed by atoms with Crippen LogP contribution in [0.1, 0.15) is 24.2 Å². The van der Waals surface area contributed by atoms with Crippen LogP contribution in [0.4, 0.5) is 0 Å². The first-order valence-electron chi connectivity index (χ1n) is 3.98. The summed E-state index contributed by atoms with van der Waals surface area (Å²) in [6.07, 6.45) is 0.569. The van der Waals surface area contributed by atoms with E-state index >= 15 is 0 Å². The summed E-state index contributed by atoms with van der Waals surface area (Å²) < 4.78 is 0. The van der Waals surface area contributed by atoms with Crippen LogP contribution < -0.4 is 0 Å². The third kappa shape index (κ3) is 7.03. The highest BCUT2D eigenvalue weighted by atomic mass is 16.3. The number of hydrogen-bond acceptors (Lipinski definition) is 3. The summed E-state index contributed by atoms with van der Waals surface area (Å²) in [5, 5.41) is 16.8. The second-order valence-corrected chi connectivity index (χ2v) is 2.80. The highest BCUT2D eigenvalue weighted by molar-refractivity contribution is 5.74. The quantitative estimate of drug-likeness (QED) is 0.648. The van der Waals surface area contributed by atoms with Crippen molar-refractivity contribution in [3.8, 4) is 5.75 Å². The van der Waals surface area contributed by atoms with E-state index in [1.165, 1.54) is 12.1 Å². The molecule has 0 aliphatic carbocycles. The molecular weight excluding hydrogens is 168 g/mol. The van der Waals surface area contributed by atoms with Gasteiger partial charge in [-0.15, -0.1) is 0 Å². The zero-order chi connectivity index (χ0) is 10.3. The second-order valence-electron chi connectivity index (χ2n) is 2.80. The molecule has 0 aliphatic rings. The minimum absolute atomic E-state index is 0.167. The monoisotopic (exact) mass is 182 g/mol. The van der Waals surface area contributed by atoms with Crippen molar-refractivity contribution in [2.24, 2.45) is 0 Å². The average Bonchev–Trinajstić information content (AvgIpc) is 2.05. The molecule has 0 saturated heterocycles. The molecule has 1 aromatic rings. The van der Waals surface area contributed by atoms with Crippen molar-refractivity contribution in [3.63, 3.8) is 0 Å². The fourth-order valence-electron chi connectivity index (χ4n) is 0.553. The number of hydrogen-bond donors (Lipinski definition) is 2. The summed E-state index contributed by atoms with van der Waals surface area (Å²) in [5.41, 5.74) is 0.577. The van der Waals surface area contributed by atoms with Crippen molar-refractivity contribution >= 4 is 6.29 Å². The lowest BCUT2D eigenvalue weighted by atomic mass is 10.2. The maximum atomic E-state index is 10.0. The normalized spacial score (nSPS) is 8.92. The third-order valence-electron chi connectivity index (χ3n) is 1.03. The Labute approximate surface area is 77.6 Å². The van der Waals surface area contributed by atoms with Crippen LogP contribution in [-0.4, -0.2) is 22.6 Å². The Morgan fingerprint density at radius 2 is 1.62 bits per heavy atom. The zero-order valence-electron chi connectivity index (χ0n) is 7.77. The molecule has 0 spiro atoms. The van der Waals surface area contributed by atoms with Gasteiger partial charge in [0.15, 0.2) is 0 Å². The van der Waals surface area contributed by atoms with Gasteiger partial charge in [-0.3, -0.25) is 4.79 Å². The van der Waals surface area contributed by atoms with Crippen LogP contribution in [0.15, 0.2) is 24.3 Å². The van der Waals surface area contributed by atoms with Crippen LogP contribution in [0, 0.1) is 0 Å². The summed E-state index contributed by atoms with van der Waals surface area (Å²) >= 11 is 0. The molecule has 1 aromatic carbocycles. The number of carbonyl (C=O) groups is 1. The van der Waals surface area contributed by atoms with E-state index in [-0.39, 0.29) is 11.9 Å². The molecule has 0 radical (unpaired) electrons. The molecule has 3 heteroatoms. The van der Waals surface area contributed by atoms with E-state index in [4.69, 9.17) is 10.2 Å². The number of aldehydes is 1. The van der Waals surface area contributed by atoms with E-state index < -0.39 is 0 Å². The van der Waals surface area contributed by atoms with Gasteiger partial charge in [0.2, 0.25) is 0 Å². The summed E-state index contributed by atoms with van der Waals surface area (Å²) in [6, 6.07) is 6.07. The van der Waals surface area contributed by atoms with E-state index in [1.807, 2.05) is 0 Å². The number of benzene rings is 1. The van der Waals surface area contributed by atoms with Crippen LogP contribution in [0.25, 0.3) is 0 Å². The molecule has 0 aliphatic heterocycles. The number of phenolic OH excluding ortho intramolecular Hbond substituents is 1. The molecule has 0 fully saturated rings. The fraction of sp³-hybridized carbons (Fsp3) is 0.300. The van der Waals surface area contributed by atoms with Crippen molar-refractivity contribution in [1.82, 2.24) is 0 Å². The molecule has 72 valence electrons. The van der Waals surface area contributed by atoms with Gasteiger partial charge >= 0.3 is 0 Å². The van der Waals surface area contributed by atoms with Crippen LogP contribution >= 0.6 is 0 Å². The molecule has 0 amide bonds. The van der Waals surface area contributed by atoms with Crippen LogP contribution in [0.3, 0.4) is 0 Å². The molecule has 1 rings (SSSR count). The van der Waals surface area contributed by atoms with Crippen LogP contribution in [-0.2, 0) is 0 Å². The Balaban J connectivity index is 0.000000310. The topological polar surface area (TPSA) is 57.5 Å². The van der Waals surface area contributed by atoms with Gasteiger partial charge in [0, 0.05) is 11.7 Å². The molecule has 0 unspecified atom stereocenters. The Morgan fingerprint density at radius 1 is 1.23 bits per heavy atom. The van der Waals surface area contributed by atoms with E-state index in [0.717, 1.165) is 6.29 Å². The first-order valence-corrected chi connectivity index (χ1v) is 3.98. The van der Waals surface area contributed by atoms with Crippen LogP contribution in [0.5, 0.6) is 5.75 Å². The van der Waals surface area contributed by atoms with E-state index in [0.29, 0.717) is 5.56 Å². The molecule has 0 aromatic heterocycles. The van der Waals surface area contributed by atoms with Gasteiger partial charge in [0.1, 0.15) is 12.0 Å². The summed E-state index contributed by atoms with van der Waals surface area (Å²) in [7, 11) is 0. The number of aliphatic hydroxyl groups is 1. The van der Waals surface area contributed by atoms with Gasteiger partial charge in [-0.05, 0) is 38.1 Å². The number of aliphatic hydroxyl groups excluding tert-OH is 1. The predicted octanol–water partition coefficient (Wildman–Crippen LogP) is 1.59. The maximum absolute atomic E-state index is 10.0. The molecular formula is C10H14O3. The van der Waals surface area contributed by atoms with Gasteiger partial charge < -0.3 is 10.2 Å². The lowest BCUT2D eigenvalue weighted by Gasteiger charge is -1.88. The molecule has 2 N–H and O–H groups in total. The molecule has 0 bridgehead atoms. The fourth-order valence-corrected chi connectivity index (χ4v) is 0.553. The number of rotatable bonds is 1. The smallest absolute Gasteiger partial charge is 0.150 e. The number of carbonyl (C=O) groups excluding carboxylic acids is 1. The van der Waals surface area contributed by atoms with Gasteiger partial charge in [-0.2, -0.15) is 0 Å². The second kappa shape index (κ2) is 6.20. The number of aromatic hydroxyl groups is 1. The lowest BCUT2D eigenvalue weighted by molar-refractivity contribution is 0.112. The zero-order valence-corrected chi connectivity index (χ0v) is 7.77. The van der Waals surface area contributed by atoms with Gasteiger partial charge in [-0.25, -0.2) is 0 Å². The molecule has 0 heterocycles. The third-order valence-corrected chi connectivity index (χ3v) is 1.03. The van der Waals surface area contributed by atoms with E-state index in [1.54, 1.807) is 26.0 Å². The average molecular weight is 182 g/mol. The Morgan fingerprint density at radius 3 is 1.92 bits per heavy atom. The Hall–Kier alpha value is -1.35. The minimum atomic E-state index is -0.167.